The molecule has 4 N–H and O–H groups in total. The second kappa shape index (κ2) is 5.51. The van der Waals surface area contributed by atoms with Crippen LogP contribution in [0.2, 0.25) is 0 Å². The Morgan fingerprint density at radius 3 is 2.74 bits per heavy atom. The summed E-state index contributed by atoms with van der Waals surface area (Å²) in [5, 5.41) is 5.83. The number of carbonyl (C=O) groups excluding carboxylic acids is 1. The first-order valence-electron chi connectivity index (χ1n) is 6.97. The molecule has 1 saturated carbocycles. The first-order valence-corrected chi connectivity index (χ1v) is 6.97. The van der Waals surface area contributed by atoms with E-state index in [0.29, 0.717) is 17.9 Å². The number of anilines is 2. The smallest absolute Gasteiger partial charge is 0.319 e. The lowest BCUT2D eigenvalue weighted by Gasteiger charge is -2.10. The van der Waals surface area contributed by atoms with E-state index in [1.807, 2.05) is 18.2 Å². The van der Waals surface area contributed by atoms with Gasteiger partial charge in [-0.05, 0) is 42.4 Å². The van der Waals surface area contributed by atoms with Crippen LogP contribution < -0.4 is 16.4 Å². The number of carbonyl (C=O) groups is 1. The fourth-order valence-corrected chi connectivity index (χ4v) is 2.45. The van der Waals surface area contributed by atoms with Crippen LogP contribution in [0, 0.1) is 11.8 Å². The highest BCUT2D eigenvalue weighted by Crippen LogP contribution is 2.37. The summed E-state index contributed by atoms with van der Waals surface area (Å²) in [6.07, 6.45) is 1.98. The third-order valence-corrected chi connectivity index (χ3v) is 3.80. The standard InChI is InChI=1S/C15H23N3O/c1-4-10-5-6-11(7-13(10)16)17-15(19)18-14-8-12(14)9(2)3/h5-7,9,12,14H,4,8,16H2,1-3H3,(H2,17,18,19). The monoisotopic (exact) mass is 261 g/mol. The van der Waals surface area contributed by atoms with Crippen LogP contribution in [-0.4, -0.2) is 12.1 Å². The Morgan fingerprint density at radius 2 is 2.21 bits per heavy atom. The number of amides is 2. The lowest BCUT2D eigenvalue weighted by atomic mass is 10.1. The van der Waals surface area contributed by atoms with E-state index in [1.165, 1.54) is 0 Å². The first kappa shape index (κ1) is 13.7. The van der Waals surface area contributed by atoms with Crippen molar-refractivity contribution in [1.82, 2.24) is 5.32 Å². The molecule has 19 heavy (non-hydrogen) atoms. The van der Waals surface area contributed by atoms with E-state index in [1.54, 1.807) is 0 Å². The maximum Gasteiger partial charge on any atom is 0.319 e. The van der Waals surface area contributed by atoms with E-state index < -0.39 is 0 Å². The largest absolute Gasteiger partial charge is 0.398 e. The van der Waals surface area contributed by atoms with E-state index in [2.05, 4.69) is 31.4 Å². The summed E-state index contributed by atoms with van der Waals surface area (Å²) in [7, 11) is 0. The summed E-state index contributed by atoms with van der Waals surface area (Å²) >= 11 is 0. The van der Waals surface area contributed by atoms with Gasteiger partial charge >= 0.3 is 6.03 Å². The molecule has 1 aliphatic rings. The van der Waals surface area contributed by atoms with Crippen molar-refractivity contribution < 1.29 is 4.79 Å². The van der Waals surface area contributed by atoms with Crippen molar-refractivity contribution in [2.75, 3.05) is 11.1 Å². The van der Waals surface area contributed by atoms with Crippen molar-refractivity contribution in [2.24, 2.45) is 11.8 Å². The highest BCUT2D eigenvalue weighted by atomic mass is 16.2. The predicted molar refractivity (Wildman–Crippen MR) is 79.1 cm³/mol. The summed E-state index contributed by atoms with van der Waals surface area (Å²) < 4.78 is 0. The summed E-state index contributed by atoms with van der Waals surface area (Å²) in [6, 6.07) is 5.84. The normalized spacial score (nSPS) is 21.3. The first-order chi connectivity index (χ1) is 9.01. The lowest BCUT2D eigenvalue weighted by molar-refractivity contribution is 0.251. The average Bonchev–Trinajstić information content (AvgIpc) is 3.08. The van der Waals surface area contributed by atoms with Gasteiger partial charge in [-0.2, -0.15) is 0 Å². The van der Waals surface area contributed by atoms with Crippen molar-refractivity contribution in [2.45, 2.75) is 39.7 Å². The summed E-state index contributed by atoms with van der Waals surface area (Å²) in [4.78, 5) is 11.8. The Balaban J connectivity index is 1.87. The number of urea groups is 1. The van der Waals surface area contributed by atoms with E-state index >= 15 is 0 Å². The lowest BCUT2D eigenvalue weighted by Crippen LogP contribution is -2.32. The number of hydrogen-bond acceptors (Lipinski definition) is 2. The molecule has 4 heteroatoms. The molecule has 0 heterocycles. The number of rotatable bonds is 4. The molecule has 0 aliphatic heterocycles. The van der Waals surface area contributed by atoms with Gasteiger partial charge in [0.2, 0.25) is 0 Å². The van der Waals surface area contributed by atoms with Gasteiger partial charge in [0.15, 0.2) is 0 Å². The minimum Gasteiger partial charge on any atom is -0.398 e. The van der Waals surface area contributed by atoms with E-state index in [-0.39, 0.29) is 6.03 Å². The molecule has 4 nitrogen and oxygen atoms in total. The molecule has 2 amide bonds. The van der Waals surface area contributed by atoms with Crippen molar-refractivity contribution >= 4 is 17.4 Å². The minimum absolute atomic E-state index is 0.142. The molecule has 2 rings (SSSR count). The van der Waals surface area contributed by atoms with Crippen LogP contribution in [0.15, 0.2) is 18.2 Å². The third kappa shape index (κ3) is 3.40. The fraction of sp³-hybridized carbons (Fsp3) is 0.533. The summed E-state index contributed by atoms with van der Waals surface area (Å²) in [5.41, 5.74) is 8.49. The van der Waals surface area contributed by atoms with Gasteiger partial charge in [0.1, 0.15) is 0 Å². The summed E-state index contributed by atoms with van der Waals surface area (Å²) in [5.74, 6) is 1.25. The topological polar surface area (TPSA) is 67.2 Å². The van der Waals surface area contributed by atoms with Crippen molar-refractivity contribution in [3.63, 3.8) is 0 Å². The number of nitrogen functional groups attached to an aromatic ring is 1. The molecular formula is C15H23N3O. The second-order valence-electron chi connectivity index (χ2n) is 5.62. The molecule has 104 valence electrons. The Labute approximate surface area is 114 Å². The number of nitrogens with two attached hydrogens (primary N) is 1. The van der Waals surface area contributed by atoms with Gasteiger partial charge in [-0.25, -0.2) is 4.79 Å². The van der Waals surface area contributed by atoms with Crippen LogP contribution in [0.5, 0.6) is 0 Å². The minimum atomic E-state index is -0.142. The van der Waals surface area contributed by atoms with Crippen LogP contribution in [0.1, 0.15) is 32.8 Å². The highest BCUT2D eigenvalue weighted by Gasteiger charge is 2.40. The van der Waals surface area contributed by atoms with Gasteiger partial charge in [0.05, 0.1) is 0 Å². The molecular weight excluding hydrogens is 238 g/mol. The Hall–Kier alpha value is -1.71. The van der Waals surface area contributed by atoms with Crippen LogP contribution >= 0.6 is 0 Å². The van der Waals surface area contributed by atoms with Crippen LogP contribution in [-0.2, 0) is 6.42 Å². The number of benzene rings is 1. The van der Waals surface area contributed by atoms with Crippen molar-refractivity contribution in [1.29, 1.82) is 0 Å². The Kier molecular flexibility index (Phi) is 3.98. The van der Waals surface area contributed by atoms with E-state index in [4.69, 9.17) is 5.73 Å². The molecule has 1 aliphatic carbocycles. The SMILES string of the molecule is CCc1ccc(NC(=O)NC2CC2C(C)C)cc1N. The van der Waals surface area contributed by atoms with Crippen molar-refractivity contribution in [3.8, 4) is 0 Å². The number of aryl methyl sites for hydroxylation is 1. The van der Waals surface area contributed by atoms with Gasteiger partial charge in [-0.15, -0.1) is 0 Å². The number of hydrogen-bond donors (Lipinski definition) is 3. The molecule has 0 saturated heterocycles. The fourth-order valence-electron chi connectivity index (χ4n) is 2.45. The molecule has 1 aromatic carbocycles. The molecule has 2 unspecified atom stereocenters. The third-order valence-electron chi connectivity index (χ3n) is 3.80. The van der Waals surface area contributed by atoms with Crippen LogP contribution in [0.3, 0.4) is 0 Å². The zero-order chi connectivity index (χ0) is 14.0. The highest BCUT2D eigenvalue weighted by molar-refractivity contribution is 5.90. The summed E-state index contributed by atoms with van der Waals surface area (Å²) in [6.45, 7) is 6.44. The number of nitrogens with one attached hydrogen (secondary N) is 2. The van der Waals surface area contributed by atoms with Gasteiger partial charge in [-0.1, -0.05) is 26.8 Å². The molecule has 2 atom stereocenters. The van der Waals surface area contributed by atoms with E-state index in [9.17, 15) is 4.79 Å². The Bertz CT molecular complexity index is 470. The van der Waals surface area contributed by atoms with E-state index in [0.717, 1.165) is 29.8 Å². The molecule has 1 aromatic rings. The Morgan fingerprint density at radius 1 is 1.47 bits per heavy atom. The maximum atomic E-state index is 11.8. The van der Waals surface area contributed by atoms with Gasteiger partial charge < -0.3 is 16.4 Å². The molecule has 0 aromatic heterocycles. The zero-order valence-electron chi connectivity index (χ0n) is 11.9. The van der Waals surface area contributed by atoms with Crippen LogP contribution in [0.4, 0.5) is 16.2 Å². The second-order valence-corrected chi connectivity index (χ2v) is 5.62. The van der Waals surface area contributed by atoms with Gasteiger partial charge in [0.25, 0.3) is 0 Å². The van der Waals surface area contributed by atoms with Crippen LogP contribution in [0.25, 0.3) is 0 Å². The molecule has 0 radical (unpaired) electrons. The van der Waals surface area contributed by atoms with Gasteiger partial charge in [-0.3, -0.25) is 0 Å². The maximum absolute atomic E-state index is 11.8. The molecule has 0 bridgehead atoms. The molecule has 1 fully saturated rings. The molecule has 0 spiro atoms. The average molecular weight is 261 g/mol. The van der Waals surface area contributed by atoms with Gasteiger partial charge in [0, 0.05) is 17.4 Å². The quantitative estimate of drug-likeness (QED) is 0.729. The van der Waals surface area contributed by atoms with Crippen molar-refractivity contribution in [3.05, 3.63) is 23.8 Å². The predicted octanol–water partition coefficient (Wildman–Crippen LogP) is 3.00. The zero-order valence-corrected chi connectivity index (χ0v) is 11.9.